The third-order valence-corrected chi connectivity index (χ3v) is 2.80. The molecule has 0 aliphatic heterocycles. The third-order valence-electron chi connectivity index (χ3n) is 2.80. The summed E-state index contributed by atoms with van der Waals surface area (Å²) in [6.45, 7) is 2.20. The molecule has 0 bridgehead atoms. The van der Waals surface area contributed by atoms with Crippen LogP contribution in [-0.4, -0.2) is 0 Å². The van der Waals surface area contributed by atoms with Gasteiger partial charge in [-0.2, -0.15) is 10.5 Å². The van der Waals surface area contributed by atoms with Crippen molar-refractivity contribution in [3.05, 3.63) is 11.6 Å². The maximum Gasteiger partial charge on any atom is 0.125 e. The fraction of sp³-hybridized carbons (Fsp3) is 0.636. The number of hydrogen-bond donors (Lipinski definition) is 0. The van der Waals surface area contributed by atoms with Crippen molar-refractivity contribution in [2.45, 2.75) is 32.6 Å². The van der Waals surface area contributed by atoms with E-state index in [2.05, 4.69) is 6.92 Å². The Labute approximate surface area is 79.5 Å². The molecule has 1 rings (SSSR count). The fourth-order valence-corrected chi connectivity index (χ4v) is 1.91. The predicted molar refractivity (Wildman–Crippen MR) is 50.4 cm³/mol. The molecule has 1 saturated carbocycles. The first-order valence-corrected chi connectivity index (χ1v) is 4.80. The minimum absolute atomic E-state index is 0.277. The molecule has 0 aromatic rings. The third kappa shape index (κ3) is 2.60. The van der Waals surface area contributed by atoms with Crippen LogP contribution in [0.5, 0.6) is 0 Å². The first-order valence-electron chi connectivity index (χ1n) is 4.80. The van der Waals surface area contributed by atoms with Gasteiger partial charge < -0.3 is 0 Å². The van der Waals surface area contributed by atoms with Gasteiger partial charge in [0.05, 0.1) is 0 Å². The number of rotatable bonds is 1. The van der Waals surface area contributed by atoms with E-state index in [1.54, 1.807) is 0 Å². The van der Waals surface area contributed by atoms with Crippen molar-refractivity contribution in [3.63, 3.8) is 0 Å². The second kappa shape index (κ2) is 4.67. The van der Waals surface area contributed by atoms with Crippen molar-refractivity contribution in [1.82, 2.24) is 0 Å². The number of hydrogen-bond acceptors (Lipinski definition) is 2. The van der Waals surface area contributed by atoms with E-state index in [-0.39, 0.29) is 5.57 Å². The Morgan fingerprint density at radius 1 is 1.23 bits per heavy atom. The molecule has 2 heteroatoms. The zero-order chi connectivity index (χ0) is 9.68. The summed E-state index contributed by atoms with van der Waals surface area (Å²) in [6.07, 6.45) is 6.73. The van der Waals surface area contributed by atoms with Crippen molar-refractivity contribution in [2.75, 3.05) is 0 Å². The molecule has 0 spiro atoms. The zero-order valence-corrected chi connectivity index (χ0v) is 7.95. The molecule has 0 amide bonds. The van der Waals surface area contributed by atoms with Gasteiger partial charge in [0.2, 0.25) is 0 Å². The average molecular weight is 174 g/mol. The van der Waals surface area contributed by atoms with Gasteiger partial charge in [-0.15, -0.1) is 0 Å². The van der Waals surface area contributed by atoms with Gasteiger partial charge in [0.1, 0.15) is 17.7 Å². The Hall–Kier alpha value is -1.28. The second-order valence-corrected chi connectivity index (χ2v) is 3.73. The summed E-state index contributed by atoms with van der Waals surface area (Å²) in [4.78, 5) is 0. The lowest BCUT2D eigenvalue weighted by atomic mass is 9.80. The van der Waals surface area contributed by atoms with Crippen molar-refractivity contribution in [2.24, 2.45) is 11.8 Å². The van der Waals surface area contributed by atoms with Gasteiger partial charge in [0.15, 0.2) is 0 Å². The Morgan fingerprint density at radius 3 is 2.38 bits per heavy atom. The van der Waals surface area contributed by atoms with Crippen LogP contribution in [0.2, 0.25) is 0 Å². The normalized spacial score (nSPS) is 27.0. The first kappa shape index (κ1) is 9.81. The molecule has 0 aromatic carbocycles. The topological polar surface area (TPSA) is 47.6 Å². The molecule has 2 atom stereocenters. The molecule has 0 radical (unpaired) electrons. The molecule has 1 aliphatic rings. The molecule has 0 saturated heterocycles. The Morgan fingerprint density at radius 2 is 1.85 bits per heavy atom. The Bertz CT molecular complexity index is 261. The molecule has 0 unspecified atom stereocenters. The molecular weight excluding hydrogens is 160 g/mol. The number of nitriles is 2. The van der Waals surface area contributed by atoms with Crippen LogP contribution in [0.15, 0.2) is 11.6 Å². The molecule has 1 aliphatic carbocycles. The van der Waals surface area contributed by atoms with Crippen LogP contribution in [0.3, 0.4) is 0 Å². The van der Waals surface area contributed by atoms with E-state index in [4.69, 9.17) is 10.5 Å². The number of nitrogens with zero attached hydrogens (tertiary/aromatic N) is 2. The maximum atomic E-state index is 8.60. The summed E-state index contributed by atoms with van der Waals surface area (Å²) >= 11 is 0. The van der Waals surface area contributed by atoms with Crippen LogP contribution >= 0.6 is 0 Å². The van der Waals surface area contributed by atoms with E-state index >= 15 is 0 Å². The van der Waals surface area contributed by atoms with Gasteiger partial charge in [-0.1, -0.05) is 32.3 Å². The molecule has 68 valence electrons. The van der Waals surface area contributed by atoms with Gasteiger partial charge in [-0.3, -0.25) is 0 Å². The minimum Gasteiger partial charge on any atom is -0.192 e. The van der Waals surface area contributed by atoms with Crippen molar-refractivity contribution >= 4 is 0 Å². The van der Waals surface area contributed by atoms with Gasteiger partial charge >= 0.3 is 0 Å². The predicted octanol–water partition coefficient (Wildman–Crippen LogP) is 2.79. The number of allylic oxidation sites excluding steroid dienone is 2. The summed E-state index contributed by atoms with van der Waals surface area (Å²) in [5.41, 5.74) is 0.277. The van der Waals surface area contributed by atoms with Crippen LogP contribution in [-0.2, 0) is 0 Å². The van der Waals surface area contributed by atoms with Gasteiger partial charge in [-0.25, -0.2) is 0 Å². The molecule has 0 N–H and O–H groups in total. The summed E-state index contributed by atoms with van der Waals surface area (Å²) in [5.74, 6) is 1.08. The highest BCUT2D eigenvalue weighted by molar-refractivity contribution is 5.35. The van der Waals surface area contributed by atoms with Crippen LogP contribution in [0.25, 0.3) is 0 Å². The van der Waals surface area contributed by atoms with E-state index in [0.29, 0.717) is 11.8 Å². The standard InChI is InChI=1S/C11H14N2/c1-9-4-2-3-5-11(9)6-10(7-12)8-13/h6,9,11H,2-5H2,1H3/t9-,11+/m1/s1. The largest absolute Gasteiger partial charge is 0.192 e. The molecule has 0 aromatic heterocycles. The van der Waals surface area contributed by atoms with Crippen LogP contribution in [0.1, 0.15) is 32.6 Å². The van der Waals surface area contributed by atoms with Gasteiger partial charge in [-0.05, 0) is 18.3 Å². The second-order valence-electron chi connectivity index (χ2n) is 3.73. The lowest BCUT2D eigenvalue weighted by molar-refractivity contribution is 0.306. The lowest BCUT2D eigenvalue weighted by Gasteiger charge is -2.25. The highest BCUT2D eigenvalue weighted by Crippen LogP contribution is 2.30. The SMILES string of the molecule is C[C@@H]1CCCC[C@H]1C=C(C#N)C#N. The molecule has 13 heavy (non-hydrogen) atoms. The minimum atomic E-state index is 0.277. The molecule has 2 nitrogen and oxygen atoms in total. The van der Waals surface area contributed by atoms with Crippen LogP contribution < -0.4 is 0 Å². The fourth-order valence-electron chi connectivity index (χ4n) is 1.91. The summed E-state index contributed by atoms with van der Waals surface area (Å²) in [7, 11) is 0. The van der Waals surface area contributed by atoms with E-state index in [9.17, 15) is 0 Å². The highest BCUT2D eigenvalue weighted by Gasteiger charge is 2.19. The molecule has 0 heterocycles. The lowest BCUT2D eigenvalue weighted by Crippen LogP contribution is -2.14. The Kier molecular flexibility index (Phi) is 3.53. The Balaban J connectivity index is 2.67. The highest BCUT2D eigenvalue weighted by atomic mass is 14.3. The van der Waals surface area contributed by atoms with E-state index in [1.165, 1.54) is 19.3 Å². The quantitative estimate of drug-likeness (QED) is 0.574. The summed E-state index contributed by atoms with van der Waals surface area (Å²) in [6, 6.07) is 3.84. The molecular formula is C11H14N2. The summed E-state index contributed by atoms with van der Waals surface area (Å²) < 4.78 is 0. The van der Waals surface area contributed by atoms with Crippen LogP contribution in [0, 0.1) is 34.5 Å². The van der Waals surface area contributed by atoms with Crippen LogP contribution in [0.4, 0.5) is 0 Å². The smallest absolute Gasteiger partial charge is 0.125 e. The maximum absolute atomic E-state index is 8.60. The van der Waals surface area contributed by atoms with Crippen molar-refractivity contribution < 1.29 is 0 Å². The average Bonchev–Trinajstić information content (AvgIpc) is 2.17. The van der Waals surface area contributed by atoms with E-state index in [0.717, 1.165) is 6.42 Å². The van der Waals surface area contributed by atoms with Gasteiger partial charge in [0, 0.05) is 0 Å². The summed E-state index contributed by atoms with van der Waals surface area (Å²) in [5, 5.41) is 17.2. The monoisotopic (exact) mass is 174 g/mol. The van der Waals surface area contributed by atoms with E-state index in [1.807, 2.05) is 18.2 Å². The first-order chi connectivity index (χ1) is 6.27. The zero-order valence-electron chi connectivity index (χ0n) is 7.95. The molecule has 1 fully saturated rings. The van der Waals surface area contributed by atoms with Gasteiger partial charge in [0.25, 0.3) is 0 Å². The van der Waals surface area contributed by atoms with E-state index < -0.39 is 0 Å². The van der Waals surface area contributed by atoms with Crippen molar-refractivity contribution in [1.29, 1.82) is 10.5 Å². The van der Waals surface area contributed by atoms with Crippen molar-refractivity contribution in [3.8, 4) is 12.1 Å².